The van der Waals surface area contributed by atoms with Gasteiger partial charge in [0.2, 0.25) is 6.43 Å². The minimum atomic E-state index is -2.71. The van der Waals surface area contributed by atoms with Gasteiger partial charge in [0.1, 0.15) is 5.69 Å². The van der Waals surface area contributed by atoms with Crippen molar-refractivity contribution in [1.29, 1.82) is 5.26 Å². The molecule has 0 aliphatic carbocycles. The maximum atomic E-state index is 12.9. The lowest BCUT2D eigenvalue weighted by Crippen LogP contribution is -2.40. The topological polar surface area (TPSA) is 65.8 Å². The molecule has 1 N–H and O–H groups in total. The van der Waals surface area contributed by atoms with Gasteiger partial charge < -0.3 is 5.32 Å². The number of rotatable bonds is 10. The van der Waals surface area contributed by atoms with Crippen molar-refractivity contribution in [2.45, 2.75) is 57.4 Å². The summed E-state index contributed by atoms with van der Waals surface area (Å²) >= 11 is 0. The predicted molar refractivity (Wildman–Crippen MR) is 104 cm³/mol. The average Bonchev–Trinajstić information content (AvgIpc) is 2.75. The summed E-state index contributed by atoms with van der Waals surface area (Å²) in [6.07, 6.45) is -3.13. The van der Waals surface area contributed by atoms with Crippen LogP contribution in [0.15, 0.2) is 42.6 Å². The number of amides is 1. The lowest BCUT2D eigenvalue weighted by molar-refractivity contribution is 0.0904. The lowest BCUT2D eigenvalue weighted by Gasteiger charge is -2.28. The van der Waals surface area contributed by atoms with Crippen LogP contribution < -0.4 is 5.32 Å². The van der Waals surface area contributed by atoms with Crippen LogP contribution in [0.4, 0.5) is 17.6 Å². The van der Waals surface area contributed by atoms with Crippen molar-refractivity contribution >= 4 is 5.91 Å². The third-order valence-corrected chi connectivity index (χ3v) is 4.85. The zero-order valence-corrected chi connectivity index (χ0v) is 16.5. The molecule has 0 bridgehead atoms. The Hall–Kier alpha value is -2.95. The number of hydrogen-bond acceptors (Lipinski definition) is 3. The van der Waals surface area contributed by atoms with Gasteiger partial charge in [-0.25, -0.2) is 17.6 Å². The zero-order valence-electron chi connectivity index (χ0n) is 16.5. The fourth-order valence-corrected chi connectivity index (χ4v) is 3.38. The van der Waals surface area contributed by atoms with E-state index in [1.54, 1.807) is 12.1 Å². The molecule has 160 valence electrons. The molecule has 8 heteroatoms. The largest absolute Gasteiger partial charge is 0.349 e. The Morgan fingerprint density at radius 3 is 2.40 bits per heavy atom. The standard InChI is InChI=1S/C22H23F4N3O/c1-2-5-16(15-8-9-19(21(25)26)28-13-15)18(10-11-20(23)24)29-22(30)17-7-4-3-6-14(17)12-27/h3-4,6-9,13,16,18,20-21H,2,5,10-11H2,1H3,(H,29,30). The van der Waals surface area contributed by atoms with Crippen LogP contribution in [0.3, 0.4) is 0 Å². The highest BCUT2D eigenvalue weighted by Gasteiger charge is 2.27. The van der Waals surface area contributed by atoms with E-state index in [1.165, 1.54) is 30.5 Å². The summed E-state index contributed by atoms with van der Waals surface area (Å²) in [5.74, 6) is -0.921. The number of aromatic nitrogens is 1. The Morgan fingerprint density at radius 1 is 1.10 bits per heavy atom. The van der Waals surface area contributed by atoms with Gasteiger partial charge >= 0.3 is 0 Å². The SMILES string of the molecule is CCCC(c1ccc(C(F)F)nc1)C(CCC(F)F)NC(=O)c1ccccc1C#N. The monoisotopic (exact) mass is 421 g/mol. The van der Waals surface area contributed by atoms with Crippen molar-refractivity contribution in [3.8, 4) is 6.07 Å². The van der Waals surface area contributed by atoms with Gasteiger partial charge in [-0.1, -0.05) is 31.5 Å². The molecule has 2 unspecified atom stereocenters. The molecule has 30 heavy (non-hydrogen) atoms. The second-order valence-electron chi connectivity index (χ2n) is 6.92. The molecule has 0 aliphatic heterocycles. The minimum Gasteiger partial charge on any atom is -0.349 e. The van der Waals surface area contributed by atoms with Gasteiger partial charge in [-0.3, -0.25) is 9.78 Å². The lowest BCUT2D eigenvalue weighted by atomic mass is 9.85. The van der Waals surface area contributed by atoms with Gasteiger partial charge in [-0.15, -0.1) is 0 Å². The highest BCUT2D eigenvalue weighted by Crippen LogP contribution is 2.29. The summed E-state index contributed by atoms with van der Waals surface area (Å²) in [5, 5.41) is 12.0. The van der Waals surface area contributed by atoms with Gasteiger partial charge in [0.25, 0.3) is 12.3 Å². The first-order valence-electron chi connectivity index (χ1n) is 9.69. The molecular formula is C22H23F4N3O. The Bertz CT molecular complexity index is 865. The summed E-state index contributed by atoms with van der Waals surface area (Å²) in [4.78, 5) is 16.6. The van der Waals surface area contributed by atoms with Gasteiger partial charge in [-0.2, -0.15) is 5.26 Å². The molecular weight excluding hydrogens is 398 g/mol. The number of carbonyl (C=O) groups excluding carboxylic acids is 1. The van der Waals surface area contributed by atoms with Crippen LogP contribution in [0.5, 0.6) is 0 Å². The normalized spacial score (nSPS) is 13.1. The van der Waals surface area contributed by atoms with Crippen LogP contribution in [0, 0.1) is 11.3 Å². The quantitative estimate of drug-likeness (QED) is 0.507. The Kier molecular flexibility index (Phi) is 8.78. The van der Waals surface area contributed by atoms with E-state index in [2.05, 4.69) is 10.3 Å². The molecule has 1 amide bonds. The number of pyridine rings is 1. The fourth-order valence-electron chi connectivity index (χ4n) is 3.38. The number of halogens is 4. The first kappa shape index (κ1) is 23.3. The van der Waals surface area contributed by atoms with Crippen molar-refractivity contribution < 1.29 is 22.4 Å². The van der Waals surface area contributed by atoms with Gasteiger partial charge in [0, 0.05) is 24.6 Å². The number of alkyl halides is 4. The maximum absolute atomic E-state index is 12.9. The van der Waals surface area contributed by atoms with Crippen LogP contribution in [0.1, 0.15) is 72.1 Å². The first-order chi connectivity index (χ1) is 14.4. The number of nitriles is 1. The smallest absolute Gasteiger partial charge is 0.280 e. The van der Waals surface area contributed by atoms with E-state index in [0.29, 0.717) is 18.4 Å². The Labute approximate surface area is 172 Å². The van der Waals surface area contributed by atoms with Crippen molar-refractivity contribution in [2.75, 3.05) is 0 Å². The van der Waals surface area contributed by atoms with Crippen LogP contribution >= 0.6 is 0 Å². The van der Waals surface area contributed by atoms with Gasteiger partial charge in [-0.05, 0) is 36.6 Å². The molecule has 0 spiro atoms. The molecule has 0 saturated heterocycles. The van der Waals surface area contributed by atoms with E-state index < -0.39 is 31.2 Å². The van der Waals surface area contributed by atoms with Crippen molar-refractivity contribution in [1.82, 2.24) is 10.3 Å². The molecule has 0 fully saturated rings. The summed E-state index contributed by atoms with van der Waals surface area (Å²) in [6, 6.07) is 10.2. The van der Waals surface area contributed by atoms with Crippen molar-refractivity contribution in [2.24, 2.45) is 0 Å². The molecule has 2 aromatic rings. The maximum Gasteiger partial charge on any atom is 0.280 e. The minimum absolute atomic E-state index is 0.000603. The second kappa shape index (κ2) is 11.3. The zero-order chi connectivity index (χ0) is 22.1. The molecule has 0 saturated carbocycles. The molecule has 2 atom stereocenters. The Morgan fingerprint density at radius 2 is 1.83 bits per heavy atom. The number of benzene rings is 1. The third-order valence-electron chi connectivity index (χ3n) is 4.85. The Balaban J connectivity index is 2.33. The van der Waals surface area contributed by atoms with E-state index >= 15 is 0 Å². The third kappa shape index (κ3) is 6.28. The van der Waals surface area contributed by atoms with Crippen molar-refractivity contribution in [3.05, 3.63) is 65.0 Å². The fraction of sp³-hybridized carbons (Fsp3) is 0.409. The highest BCUT2D eigenvalue weighted by molar-refractivity contribution is 5.96. The molecule has 4 nitrogen and oxygen atoms in total. The molecule has 0 aliphatic rings. The molecule has 1 aromatic carbocycles. The summed E-state index contributed by atoms with van der Waals surface area (Å²) in [5.41, 5.74) is 0.556. The van der Waals surface area contributed by atoms with Crippen LogP contribution in [-0.2, 0) is 0 Å². The molecule has 1 heterocycles. The molecule has 1 aromatic heterocycles. The second-order valence-corrected chi connectivity index (χ2v) is 6.92. The summed E-state index contributed by atoms with van der Waals surface area (Å²) in [7, 11) is 0. The van der Waals surface area contributed by atoms with Crippen LogP contribution in [0.25, 0.3) is 0 Å². The first-order valence-corrected chi connectivity index (χ1v) is 9.69. The van der Waals surface area contributed by atoms with E-state index in [1.807, 2.05) is 13.0 Å². The van der Waals surface area contributed by atoms with E-state index in [9.17, 15) is 27.6 Å². The summed E-state index contributed by atoms with van der Waals surface area (Å²) < 4.78 is 51.5. The highest BCUT2D eigenvalue weighted by atomic mass is 19.3. The average molecular weight is 421 g/mol. The summed E-state index contributed by atoms with van der Waals surface area (Å²) in [6.45, 7) is 1.91. The van der Waals surface area contributed by atoms with E-state index in [0.717, 1.165) is 0 Å². The molecule has 0 radical (unpaired) electrons. The predicted octanol–water partition coefficient (Wildman–Crippen LogP) is 5.62. The van der Waals surface area contributed by atoms with Crippen LogP contribution in [-0.4, -0.2) is 23.4 Å². The number of nitrogens with zero attached hydrogens (tertiary/aromatic N) is 2. The van der Waals surface area contributed by atoms with E-state index in [-0.39, 0.29) is 29.2 Å². The van der Waals surface area contributed by atoms with E-state index in [4.69, 9.17) is 0 Å². The number of hydrogen-bond donors (Lipinski definition) is 1. The van der Waals surface area contributed by atoms with Gasteiger partial charge in [0.15, 0.2) is 0 Å². The van der Waals surface area contributed by atoms with Crippen molar-refractivity contribution in [3.63, 3.8) is 0 Å². The number of nitrogens with one attached hydrogen (secondary N) is 1. The van der Waals surface area contributed by atoms with Gasteiger partial charge in [0.05, 0.1) is 17.2 Å². The van der Waals surface area contributed by atoms with Crippen LogP contribution in [0.2, 0.25) is 0 Å². The molecule has 2 rings (SSSR count). The number of carbonyl (C=O) groups is 1.